The first kappa shape index (κ1) is 22.4. The fraction of sp³-hybridized carbons (Fsp3) is 0.455. The molecule has 0 aliphatic carbocycles. The molecular formula is C22H24N4O7. The number of anilines is 1. The molecular weight excluding hydrogens is 432 g/mol. The van der Waals surface area contributed by atoms with Crippen LogP contribution in [0.2, 0.25) is 0 Å². The van der Waals surface area contributed by atoms with E-state index in [1.54, 1.807) is 24.0 Å². The van der Waals surface area contributed by atoms with Gasteiger partial charge in [0.2, 0.25) is 17.7 Å². The minimum absolute atomic E-state index is 0.0280. The lowest BCUT2D eigenvalue weighted by Gasteiger charge is -2.36. The van der Waals surface area contributed by atoms with E-state index in [1.807, 2.05) is 0 Å². The molecule has 0 bridgehead atoms. The van der Waals surface area contributed by atoms with Gasteiger partial charge in [0.15, 0.2) is 0 Å². The molecule has 11 nitrogen and oxygen atoms in total. The standard InChI is InChI=1S/C22H24N4O7/c1-22(21(32)33)7-9-25(10-8-22)16(28)11-23-13-4-2-3-12-17(13)20(31)26(19(12)30)14-5-6-15(27)24-18(14)29/h2-4,14,23H,5-11H2,1H3,(H,32,33)(H,24,27,29). The Hall–Kier alpha value is -3.76. The number of amides is 5. The molecule has 11 heteroatoms. The lowest BCUT2D eigenvalue weighted by molar-refractivity contribution is -0.152. The third kappa shape index (κ3) is 3.94. The number of carbonyl (C=O) groups is 6. The van der Waals surface area contributed by atoms with E-state index < -0.39 is 41.1 Å². The van der Waals surface area contributed by atoms with Crippen molar-refractivity contribution in [1.29, 1.82) is 0 Å². The maximum Gasteiger partial charge on any atom is 0.309 e. The first-order valence-electron chi connectivity index (χ1n) is 10.7. The highest BCUT2D eigenvalue weighted by Gasteiger charge is 2.45. The molecule has 1 aromatic rings. The summed E-state index contributed by atoms with van der Waals surface area (Å²) in [6.45, 7) is 2.16. The van der Waals surface area contributed by atoms with E-state index in [9.17, 15) is 33.9 Å². The van der Waals surface area contributed by atoms with E-state index in [0.29, 0.717) is 31.6 Å². The van der Waals surface area contributed by atoms with Crippen LogP contribution in [-0.2, 0) is 19.2 Å². The van der Waals surface area contributed by atoms with Crippen molar-refractivity contribution < 1.29 is 33.9 Å². The van der Waals surface area contributed by atoms with Crippen molar-refractivity contribution in [1.82, 2.24) is 15.1 Å². The van der Waals surface area contributed by atoms with Gasteiger partial charge in [-0.05, 0) is 38.3 Å². The summed E-state index contributed by atoms with van der Waals surface area (Å²) in [6.07, 6.45) is 0.785. The second-order valence-corrected chi connectivity index (χ2v) is 8.78. The maximum absolute atomic E-state index is 13.1. The first-order valence-corrected chi connectivity index (χ1v) is 10.7. The van der Waals surface area contributed by atoms with Gasteiger partial charge in [0.25, 0.3) is 11.8 Å². The van der Waals surface area contributed by atoms with Crippen LogP contribution in [0.4, 0.5) is 5.69 Å². The number of carboxylic acid groups (broad SMARTS) is 1. The molecule has 2 saturated heterocycles. The molecule has 0 spiro atoms. The summed E-state index contributed by atoms with van der Waals surface area (Å²) in [5, 5.41) is 14.4. The Bertz CT molecular complexity index is 1070. The van der Waals surface area contributed by atoms with Crippen LogP contribution >= 0.6 is 0 Å². The first-order chi connectivity index (χ1) is 15.6. The Kier molecular flexibility index (Phi) is 5.64. The van der Waals surface area contributed by atoms with Gasteiger partial charge in [-0.3, -0.25) is 39.0 Å². The van der Waals surface area contributed by atoms with Gasteiger partial charge >= 0.3 is 5.97 Å². The fourth-order valence-corrected chi connectivity index (χ4v) is 4.41. The van der Waals surface area contributed by atoms with E-state index in [1.165, 1.54) is 6.07 Å². The van der Waals surface area contributed by atoms with Crippen LogP contribution in [0.5, 0.6) is 0 Å². The number of likely N-dealkylation sites (tertiary alicyclic amines) is 1. The van der Waals surface area contributed by atoms with Crippen molar-refractivity contribution in [2.24, 2.45) is 5.41 Å². The number of benzene rings is 1. The normalized spacial score (nSPS) is 22.2. The van der Waals surface area contributed by atoms with Gasteiger partial charge in [-0.15, -0.1) is 0 Å². The number of nitrogens with one attached hydrogen (secondary N) is 2. The van der Waals surface area contributed by atoms with Gasteiger partial charge < -0.3 is 15.3 Å². The maximum atomic E-state index is 13.1. The number of hydrogen-bond donors (Lipinski definition) is 3. The second kappa shape index (κ2) is 8.30. The zero-order valence-corrected chi connectivity index (χ0v) is 18.1. The smallest absolute Gasteiger partial charge is 0.309 e. The average molecular weight is 456 g/mol. The van der Waals surface area contributed by atoms with Crippen LogP contribution in [-0.4, -0.2) is 76.1 Å². The van der Waals surface area contributed by atoms with Crippen molar-refractivity contribution in [2.75, 3.05) is 25.0 Å². The summed E-state index contributed by atoms with van der Waals surface area (Å²) in [5.74, 6) is -3.55. The zero-order chi connectivity index (χ0) is 23.9. The van der Waals surface area contributed by atoms with Crippen molar-refractivity contribution in [3.63, 3.8) is 0 Å². The molecule has 1 aromatic carbocycles. The quantitative estimate of drug-likeness (QED) is 0.532. The summed E-state index contributed by atoms with van der Waals surface area (Å²) >= 11 is 0. The van der Waals surface area contributed by atoms with Crippen LogP contribution in [0.1, 0.15) is 53.3 Å². The zero-order valence-electron chi connectivity index (χ0n) is 18.1. The van der Waals surface area contributed by atoms with Gasteiger partial charge in [0.1, 0.15) is 6.04 Å². The van der Waals surface area contributed by atoms with Gasteiger partial charge in [-0.2, -0.15) is 0 Å². The molecule has 3 heterocycles. The predicted molar refractivity (Wildman–Crippen MR) is 113 cm³/mol. The number of nitrogens with zero attached hydrogens (tertiary/aromatic N) is 2. The third-order valence-electron chi connectivity index (χ3n) is 6.63. The summed E-state index contributed by atoms with van der Waals surface area (Å²) in [7, 11) is 0. The molecule has 3 aliphatic rings. The average Bonchev–Trinajstić information content (AvgIpc) is 3.03. The molecule has 4 rings (SSSR count). The number of rotatable bonds is 5. The molecule has 3 aliphatic heterocycles. The highest BCUT2D eigenvalue weighted by molar-refractivity contribution is 6.25. The van der Waals surface area contributed by atoms with Crippen LogP contribution in [0.15, 0.2) is 18.2 Å². The van der Waals surface area contributed by atoms with Gasteiger partial charge in [0, 0.05) is 25.2 Å². The molecule has 0 radical (unpaired) electrons. The number of piperidine rings is 2. The number of carboxylic acids is 1. The predicted octanol–water partition coefficient (Wildman–Crippen LogP) is 0.213. The van der Waals surface area contributed by atoms with E-state index in [-0.39, 0.29) is 36.4 Å². The minimum atomic E-state index is -1.07. The fourth-order valence-electron chi connectivity index (χ4n) is 4.41. The number of hydrogen-bond acceptors (Lipinski definition) is 7. The van der Waals surface area contributed by atoms with Crippen LogP contribution in [0.3, 0.4) is 0 Å². The SMILES string of the molecule is CC1(C(=O)O)CCN(C(=O)CNc2cccc3c2C(=O)N(C2CCC(=O)NC2=O)C3=O)CC1. The molecule has 0 aromatic heterocycles. The van der Waals surface area contributed by atoms with Crippen molar-refractivity contribution in [3.05, 3.63) is 29.3 Å². The van der Waals surface area contributed by atoms with Crippen LogP contribution in [0, 0.1) is 5.41 Å². The molecule has 2 fully saturated rings. The topological polar surface area (TPSA) is 153 Å². The summed E-state index contributed by atoms with van der Waals surface area (Å²) in [4.78, 5) is 76.1. The van der Waals surface area contributed by atoms with Crippen LogP contribution in [0.25, 0.3) is 0 Å². The van der Waals surface area contributed by atoms with E-state index in [0.717, 1.165) is 4.90 Å². The molecule has 33 heavy (non-hydrogen) atoms. The van der Waals surface area contributed by atoms with Gasteiger partial charge in [-0.1, -0.05) is 6.07 Å². The van der Waals surface area contributed by atoms with Crippen molar-refractivity contribution in [3.8, 4) is 0 Å². The van der Waals surface area contributed by atoms with Gasteiger partial charge in [-0.25, -0.2) is 0 Å². The Balaban J connectivity index is 1.45. The lowest BCUT2D eigenvalue weighted by Crippen LogP contribution is -2.54. The van der Waals surface area contributed by atoms with Crippen molar-refractivity contribution >= 4 is 41.2 Å². The number of fused-ring (bicyclic) bond motifs is 1. The Morgan fingerprint density at radius 2 is 1.85 bits per heavy atom. The summed E-state index contributed by atoms with van der Waals surface area (Å²) in [6, 6.07) is 3.56. The van der Waals surface area contributed by atoms with Crippen molar-refractivity contribution in [2.45, 2.75) is 38.6 Å². The molecule has 3 N–H and O–H groups in total. The summed E-state index contributed by atoms with van der Waals surface area (Å²) in [5.41, 5.74) is -0.354. The monoisotopic (exact) mass is 456 g/mol. The van der Waals surface area contributed by atoms with Crippen LogP contribution < -0.4 is 10.6 Å². The highest BCUT2D eigenvalue weighted by atomic mass is 16.4. The van der Waals surface area contributed by atoms with E-state index >= 15 is 0 Å². The second-order valence-electron chi connectivity index (χ2n) is 8.78. The molecule has 5 amide bonds. The number of aliphatic carboxylic acids is 1. The Morgan fingerprint density at radius 1 is 1.15 bits per heavy atom. The third-order valence-corrected chi connectivity index (χ3v) is 6.63. The number of imide groups is 2. The molecule has 0 saturated carbocycles. The van der Waals surface area contributed by atoms with E-state index in [2.05, 4.69) is 10.6 Å². The Labute approximate surface area is 189 Å². The minimum Gasteiger partial charge on any atom is -0.481 e. The molecule has 174 valence electrons. The lowest BCUT2D eigenvalue weighted by atomic mass is 9.80. The molecule has 1 atom stereocenters. The molecule has 1 unspecified atom stereocenters. The highest BCUT2D eigenvalue weighted by Crippen LogP contribution is 2.33. The number of carbonyl (C=O) groups excluding carboxylic acids is 5. The Morgan fingerprint density at radius 3 is 2.48 bits per heavy atom. The summed E-state index contributed by atoms with van der Waals surface area (Å²) < 4.78 is 0. The van der Waals surface area contributed by atoms with E-state index in [4.69, 9.17) is 0 Å². The van der Waals surface area contributed by atoms with Gasteiger partial charge in [0.05, 0.1) is 23.1 Å². The largest absolute Gasteiger partial charge is 0.481 e.